The maximum atomic E-state index is 12.5. The Balaban J connectivity index is 1.62. The second-order valence-corrected chi connectivity index (χ2v) is 8.94. The van der Waals surface area contributed by atoms with Crippen LogP contribution < -0.4 is 25.2 Å². The van der Waals surface area contributed by atoms with Crippen molar-refractivity contribution in [2.75, 3.05) is 37.0 Å². The van der Waals surface area contributed by atoms with Crippen molar-refractivity contribution in [2.45, 2.75) is 30.7 Å². The fourth-order valence-corrected chi connectivity index (χ4v) is 4.41. The van der Waals surface area contributed by atoms with Crippen molar-refractivity contribution in [3.63, 3.8) is 0 Å². The highest BCUT2D eigenvalue weighted by atomic mass is 32.2. The van der Waals surface area contributed by atoms with Gasteiger partial charge in [0, 0.05) is 72.6 Å². The van der Waals surface area contributed by atoms with E-state index in [2.05, 4.69) is 47.2 Å². The number of pyridine rings is 1. The number of hydrogen-bond donors (Lipinski definition) is 1. The number of ether oxygens (including phenoxy) is 1. The number of benzene rings is 2. The third-order valence-electron chi connectivity index (χ3n) is 6.09. The van der Waals surface area contributed by atoms with Crippen LogP contribution in [0.15, 0.2) is 52.2 Å². The molecule has 0 bridgehead atoms. The smallest absolute Gasteiger partial charge is 0.253 e. The number of nitrogens with two attached hydrogens (primary N) is 1. The Hall–Kier alpha value is -2.64. The Morgan fingerprint density at radius 1 is 1.16 bits per heavy atom. The van der Waals surface area contributed by atoms with Gasteiger partial charge in [-0.05, 0) is 62.0 Å². The predicted molar refractivity (Wildman–Crippen MR) is 131 cm³/mol. The minimum absolute atomic E-state index is 0.0216. The first-order chi connectivity index (χ1) is 14.9. The van der Waals surface area contributed by atoms with Crippen LogP contribution in [0.2, 0.25) is 0 Å². The van der Waals surface area contributed by atoms with Crippen LogP contribution in [0, 0.1) is 6.92 Å². The van der Waals surface area contributed by atoms with Crippen molar-refractivity contribution in [3.05, 3.63) is 58.4 Å². The second-order valence-electron chi connectivity index (χ2n) is 8.23. The van der Waals surface area contributed by atoms with E-state index < -0.39 is 0 Å². The van der Waals surface area contributed by atoms with Crippen LogP contribution >= 0.6 is 11.9 Å². The van der Waals surface area contributed by atoms with Gasteiger partial charge in [-0.3, -0.25) is 9.93 Å². The summed E-state index contributed by atoms with van der Waals surface area (Å²) in [4.78, 5) is 18.3. The maximum Gasteiger partial charge on any atom is 0.253 e. The topological polar surface area (TPSA) is 63.7 Å². The molecule has 0 saturated heterocycles. The van der Waals surface area contributed by atoms with Crippen LogP contribution in [0.25, 0.3) is 10.9 Å². The van der Waals surface area contributed by atoms with Gasteiger partial charge in [0.15, 0.2) is 0 Å². The molecule has 7 heteroatoms. The van der Waals surface area contributed by atoms with E-state index >= 15 is 0 Å². The van der Waals surface area contributed by atoms with Gasteiger partial charge in [0.05, 0.1) is 12.6 Å². The molecule has 1 fully saturated rings. The first-order valence-corrected chi connectivity index (χ1v) is 11.4. The number of nitrogens with zero attached hydrogens (tertiary/aromatic N) is 3. The second kappa shape index (κ2) is 8.85. The summed E-state index contributed by atoms with van der Waals surface area (Å²) in [5.74, 6) is 0.752. The van der Waals surface area contributed by atoms with Crippen LogP contribution in [0.4, 0.5) is 11.4 Å². The molecule has 0 unspecified atom stereocenters. The molecule has 1 aliphatic rings. The number of methoxy groups -OCH3 is 1. The molecule has 4 rings (SSSR count). The molecule has 1 aromatic heterocycles. The van der Waals surface area contributed by atoms with E-state index in [1.165, 1.54) is 30.5 Å². The first kappa shape index (κ1) is 21.6. The van der Waals surface area contributed by atoms with E-state index in [4.69, 9.17) is 9.88 Å². The van der Waals surface area contributed by atoms with Gasteiger partial charge in [-0.1, -0.05) is 0 Å². The highest BCUT2D eigenvalue weighted by Gasteiger charge is 2.29. The molecule has 0 radical (unpaired) electrons. The van der Waals surface area contributed by atoms with Crippen LogP contribution in [-0.2, 0) is 7.05 Å². The Morgan fingerprint density at radius 3 is 2.48 bits per heavy atom. The summed E-state index contributed by atoms with van der Waals surface area (Å²) in [5.41, 5.74) is 3.95. The minimum atomic E-state index is 0.0216. The zero-order chi connectivity index (χ0) is 22.1. The van der Waals surface area contributed by atoms with Gasteiger partial charge in [0.25, 0.3) is 5.56 Å². The average Bonchev–Trinajstić information content (AvgIpc) is 3.63. The molecule has 0 atom stereocenters. The lowest BCUT2D eigenvalue weighted by Gasteiger charge is -2.29. The fraction of sp³-hybridized carbons (Fsp3) is 0.375. The van der Waals surface area contributed by atoms with Crippen molar-refractivity contribution in [1.82, 2.24) is 4.57 Å². The van der Waals surface area contributed by atoms with Gasteiger partial charge in [-0.15, -0.1) is 0 Å². The monoisotopic (exact) mass is 438 g/mol. The average molecular weight is 439 g/mol. The summed E-state index contributed by atoms with van der Waals surface area (Å²) in [6, 6.07) is 15.1. The van der Waals surface area contributed by atoms with Crippen LogP contribution in [0.5, 0.6) is 5.75 Å². The zero-order valence-corrected chi connectivity index (χ0v) is 19.4. The number of aryl methyl sites for hydroxylation is 2. The van der Waals surface area contributed by atoms with Crippen molar-refractivity contribution in [3.8, 4) is 5.75 Å². The zero-order valence-electron chi connectivity index (χ0n) is 18.6. The number of fused-ring (bicyclic) bond motifs is 1. The molecular weight excluding hydrogens is 408 g/mol. The van der Waals surface area contributed by atoms with Crippen LogP contribution in [-0.4, -0.2) is 37.9 Å². The van der Waals surface area contributed by atoms with Crippen molar-refractivity contribution >= 4 is 34.2 Å². The lowest BCUT2D eigenvalue weighted by molar-refractivity contribution is 0.415. The number of likely N-dealkylation sites (N-methyl/N-ethyl adjacent to an activating group) is 1. The molecule has 1 saturated carbocycles. The standard InChI is InChI=1S/C24H30N4O2S/c1-16-13-21-22(14-19(30-4)15-23(21)27(3)24(16)29)26(2)11-12-28(17-5-6-17)18-7-9-20(31-25)10-8-18/h7-10,13-15,17H,5-6,11-12,25H2,1-4H3. The fourth-order valence-electron chi connectivity index (χ4n) is 4.11. The maximum absolute atomic E-state index is 12.5. The van der Waals surface area contributed by atoms with Gasteiger partial charge >= 0.3 is 0 Å². The molecule has 0 amide bonds. The number of anilines is 2. The van der Waals surface area contributed by atoms with Crippen LogP contribution in [0.3, 0.4) is 0 Å². The van der Waals surface area contributed by atoms with E-state index in [9.17, 15) is 4.79 Å². The summed E-state index contributed by atoms with van der Waals surface area (Å²) in [5, 5.41) is 6.74. The normalized spacial score (nSPS) is 13.5. The lowest BCUT2D eigenvalue weighted by atomic mass is 10.1. The number of hydrogen-bond acceptors (Lipinski definition) is 6. The van der Waals surface area contributed by atoms with E-state index in [1.54, 1.807) is 11.7 Å². The van der Waals surface area contributed by atoms with Gasteiger partial charge in [-0.2, -0.15) is 0 Å². The van der Waals surface area contributed by atoms with Gasteiger partial charge in [0.1, 0.15) is 5.75 Å². The molecule has 2 N–H and O–H groups in total. The Kier molecular flexibility index (Phi) is 6.16. The van der Waals surface area contributed by atoms with E-state index in [0.29, 0.717) is 6.04 Å². The highest BCUT2D eigenvalue weighted by molar-refractivity contribution is 7.97. The Morgan fingerprint density at radius 2 is 1.87 bits per heavy atom. The molecular formula is C24H30N4O2S. The summed E-state index contributed by atoms with van der Waals surface area (Å²) in [7, 11) is 5.59. The minimum Gasteiger partial charge on any atom is -0.497 e. The lowest BCUT2D eigenvalue weighted by Crippen LogP contribution is -2.35. The molecule has 164 valence electrons. The summed E-state index contributed by atoms with van der Waals surface area (Å²) in [6.45, 7) is 3.64. The number of aromatic nitrogens is 1. The molecule has 1 aliphatic carbocycles. The third-order valence-corrected chi connectivity index (χ3v) is 6.63. The third kappa shape index (κ3) is 4.38. The molecule has 0 spiro atoms. The number of rotatable bonds is 8. The predicted octanol–water partition coefficient (Wildman–Crippen LogP) is 3.93. The Bertz CT molecular complexity index is 1140. The van der Waals surface area contributed by atoms with Crippen molar-refractivity contribution in [1.29, 1.82) is 0 Å². The quantitative estimate of drug-likeness (QED) is 0.538. The first-order valence-electron chi connectivity index (χ1n) is 10.6. The van der Waals surface area contributed by atoms with E-state index in [-0.39, 0.29) is 5.56 Å². The molecule has 0 aliphatic heterocycles. The SMILES string of the molecule is COc1cc(N(C)CCN(c2ccc(SN)cc2)C2CC2)c2cc(C)c(=O)n(C)c2c1. The Labute approximate surface area is 187 Å². The van der Waals surface area contributed by atoms with Gasteiger partial charge in [-0.25, -0.2) is 0 Å². The molecule has 3 aromatic rings. The van der Waals surface area contributed by atoms with Crippen LogP contribution in [0.1, 0.15) is 18.4 Å². The highest BCUT2D eigenvalue weighted by Crippen LogP contribution is 2.34. The summed E-state index contributed by atoms with van der Waals surface area (Å²) < 4.78 is 7.24. The van der Waals surface area contributed by atoms with Crippen molar-refractivity contribution < 1.29 is 4.74 Å². The van der Waals surface area contributed by atoms with E-state index in [0.717, 1.165) is 45.9 Å². The van der Waals surface area contributed by atoms with Gasteiger partial charge < -0.3 is 19.1 Å². The summed E-state index contributed by atoms with van der Waals surface area (Å²) in [6.07, 6.45) is 2.47. The van der Waals surface area contributed by atoms with Gasteiger partial charge in [0.2, 0.25) is 0 Å². The summed E-state index contributed by atoms with van der Waals surface area (Å²) >= 11 is 1.27. The molecule has 31 heavy (non-hydrogen) atoms. The molecule has 2 aromatic carbocycles. The molecule has 1 heterocycles. The van der Waals surface area contributed by atoms with Crippen molar-refractivity contribution in [2.24, 2.45) is 12.2 Å². The largest absolute Gasteiger partial charge is 0.497 e. The van der Waals surface area contributed by atoms with E-state index in [1.807, 2.05) is 26.1 Å². The molecule has 6 nitrogen and oxygen atoms in total.